The number of amides is 2. The molecule has 0 aliphatic heterocycles. The van der Waals surface area contributed by atoms with Crippen LogP contribution in [0.3, 0.4) is 0 Å². The van der Waals surface area contributed by atoms with E-state index in [2.05, 4.69) is 20.6 Å². The van der Waals surface area contributed by atoms with Gasteiger partial charge >= 0.3 is 0 Å². The van der Waals surface area contributed by atoms with E-state index in [0.717, 1.165) is 16.6 Å². The first kappa shape index (κ1) is 15.7. The molecule has 2 heterocycles. The van der Waals surface area contributed by atoms with Crippen LogP contribution in [0, 0.1) is 0 Å². The number of nitrogens with zero attached hydrogens (tertiary/aromatic N) is 1. The van der Waals surface area contributed by atoms with Crippen molar-refractivity contribution in [2.75, 3.05) is 11.9 Å². The summed E-state index contributed by atoms with van der Waals surface area (Å²) in [4.78, 5) is 30.7. The molecule has 2 aromatic heterocycles. The first-order valence-electron chi connectivity index (χ1n) is 7.70. The summed E-state index contributed by atoms with van der Waals surface area (Å²) in [6.45, 7) is 1.98. The second-order valence-corrected chi connectivity index (χ2v) is 5.49. The number of hydrogen-bond acceptors (Lipinski definition) is 3. The van der Waals surface area contributed by atoms with Gasteiger partial charge < -0.3 is 15.6 Å². The molecule has 0 fully saturated rings. The highest BCUT2D eigenvalue weighted by molar-refractivity contribution is 5.99. The van der Waals surface area contributed by atoms with Crippen LogP contribution >= 0.6 is 0 Å². The largest absolute Gasteiger partial charge is 0.351 e. The van der Waals surface area contributed by atoms with E-state index in [4.69, 9.17) is 0 Å². The van der Waals surface area contributed by atoms with Crippen LogP contribution in [0.25, 0.3) is 10.9 Å². The summed E-state index contributed by atoms with van der Waals surface area (Å²) in [5.74, 6) is -0.291. The molecule has 6 nitrogen and oxygen atoms in total. The fourth-order valence-corrected chi connectivity index (χ4v) is 2.48. The average molecular weight is 322 g/mol. The van der Waals surface area contributed by atoms with Gasteiger partial charge in [0.1, 0.15) is 5.69 Å². The molecule has 122 valence electrons. The van der Waals surface area contributed by atoms with Crippen LogP contribution < -0.4 is 10.6 Å². The summed E-state index contributed by atoms with van der Waals surface area (Å²) in [6.07, 6.45) is 2.42. The standard InChI is InChI=1S/C18H18N4O2/c1-12(23)21-15-5-6-16-13(10-15)11-17(22-16)18(24)20-9-7-14-4-2-3-8-19-14/h2-6,8,10-11,22H,7,9H2,1H3,(H,20,24)(H,21,23). The number of rotatable bonds is 5. The highest BCUT2D eigenvalue weighted by Crippen LogP contribution is 2.20. The first-order chi connectivity index (χ1) is 11.6. The zero-order valence-electron chi connectivity index (χ0n) is 13.3. The molecule has 0 bridgehead atoms. The minimum Gasteiger partial charge on any atom is -0.351 e. The lowest BCUT2D eigenvalue weighted by Gasteiger charge is -2.03. The molecule has 3 aromatic rings. The van der Waals surface area contributed by atoms with Crippen molar-refractivity contribution >= 4 is 28.4 Å². The number of pyridine rings is 1. The molecule has 0 radical (unpaired) electrons. The lowest BCUT2D eigenvalue weighted by molar-refractivity contribution is -0.114. The molecule has 3 rings (SSSR count). The van der Waals surface area contributed by atoms with E-state index in [1.165, 1.54) is 6.92 Å². The number of hydrogen-bond donors (Lipinski definition) is 3. The Labute approximate surface area is 139 Å². The normalized spacial score (nSPS) is 10.5. The smallest absolute Gasteiger partial charge is 0.267 e. The number of carbonyl (C=O) groups is 2. The van der Waals surface area contributed by atoms with Crippen LogP contribution in [0.15, 0.2) is 48.7 Å². The summed E-state index contributed by atoms with van der Waals surface area (Å²) < 4.78 is 0. The van der Waals surface area contributed by atoms with Gasteiger partial charge in [-0.25, -0.2) is 0 Å². The number of carbonyl (C=O) groups excluding carboxylic acids is 2. The molecule has 2 amide bonds. The van der Waals surface area contributed by atoms with Crippen molar-refractivity contribution in [1.82, 2.24) is 15.3 Å². The summed E-state index contributed by atoms with van der Waals surface area (Å²) in [5.41, 5.74) is 2.98. The number of anilines is 1. The summed E-state index contributed by atoms with van der Waals surface area (Å²) >= 11 is 0. The Morgan fingerprint density at radius 2 is 2.04 bits per heavy atom. The van der Waals surface area contributed by atoms with E-state index >= 15 is 0 Å². The fraction of sp³-hybridized carbons (Fsp3) is 0.167. The Kier molecular flexibility index (Phi) is 4.56. The zero-order valence-corrected chi connectivity index (χ0v) is 13.3. The third kappa shape index (κ3) is 3.78. The van der Waals surface area contributed by atoms with E-state index in [0.29, 0.717) is 24.3 Å². The van der Waals surface area contributed by atoms with Gasteiger partial charge in [-0.3, -0.25) is 14.6 Å². The third-order valence-electron chi connectivity index (χ3n) is 3.58. The lowest BCUT2D eigenvalue weighted by atomic mass is 10.2. The van der Waals surface area contributed by atoms with Gasteiger partial charge in [-0.1, -0.05) is 6.07 Å². The molecule has 0 aliphatic carbocycles. The molecule has 6 heteroatoms. The molecule has 3 N–H and O–H groups in total. The van der Waals surface area contributed by atoms with Gasteiger partial charge in [0.05, 0.1) is 0 Å². The summed E-state index contributed by atoms with van der Waals surface area (Å²) in [5, 5.41) is 6.47. The van der Waals surface area contributed by atoms with Crippen molar-refractivity contribution in [1.29, 1.82) is 0 Å². The molecular weight excluding hydrogens is 304 g/mol. The number of H-pyrrole nitrogens is 1. The maximum Gasteiger partial charge on any atom is 0.267 e. The third-order valence-corrected chi connectivity index (χ3v) is 3.58. The Morgan fingerprint density at radius 1 is 1.17 bits per heavy atom. The van der Waals surface area contributed by atoms with Gasteiger partial charge in [0.2, 0.25) is 5.91 Å². The average Bonchev–Trinajstić information content (AvgIpc) is 2.98. The lowest BCUT2D eigenvalue weighted by Crippen LogP contribution is -2.26. The second kappa shape index (κ2) is 6.95. The van der Waals surface area contributed by atoms with Gasteiger partial charge in [-0.05, 0) is 36.4 Å². The Balaban J connectivity index is 1.65. The van der Waals surface area contributed by atoms with Gasteiger partial charge in [0.15, 0.2) is 0 Å². The van der Waals surface area contributed by atoms with E-state index in [-0.39, 0.29) is 11.8 Å². The SMILES string of the molecule is CC(=O)Nc1ccc2[nH]c(C(=O)NCCc3ccccn3)cc2c1. The quantitative estimate of drug-likeness (QED) is 0.674. The predicted molar refractivity (Wildman–Crippen MR) is 92.9 cm³/mol. The highest BCUT2D eigenvalue weighted by Gasteiger charge is 2.10. The van der Waals surface area contributed by atoms with E-state index in [1.54, 1.807) is 18.3 Å². The first-order valence-corrected chi connectivity index (χ1v) is 7.70. The molecule has 0 atom stereocenters. The van der Waals surface area contributed by atoms with Crippen molar-refractivity contribution in [3.8, 4) is 0 Å². The van der Waals surface area contributed by atoms with Gasteiger partial charge in [0, 0.05) is 48.4 Å². The topological polar surface area (TPSA) is 86.9 Å². The number of nitrogens with one attached hydrogen (secondary N) is 3. The highest BCUT2D eigenvalue weighted by atomic mass is 16.2. The number of fused-ring (bicyclic) bond motifs is 1. The van der Waals surface area contributed by atoms with Crippen molar-refractivity contribution in [2.24, 2.45) is 0 Å². The van der Waals surface area contributed by atoms with Crippen LogP contribution in [0.2, 0.25) is 0 Å². The molecule has 1 aromatic carbocycles. The minimum absolute atomic E-state index is 0.127. The van der Waals surface area contributed by atoms with Gasteiger partial charge in [0.25, 0.3) is 5.91 Å². The Morgan fingerprint density at radius 3 is 2.79 bits per heavy atom. The van der Waals surface area contributed by atoms with E-state index < -0.39 is 0 Å². The van der Waals surface area contributed by atoms with Crippen LogP contribution in [-0.4, -0.2) is 28.3 Å². The van der Waals surface area contributed by atoms with Crippen LogP contribution in [0.4, 0.5) is 5.69 Å². The second-order valence-electron chi connectivity index (χ2n) is 5.49. The van der Waals surface area contributed by atoms with Gasteiger partial charge in [-0.15, -0.1) is 0 Å². The number of benzene rings is 1. The summed E-state index contributed by atoms with van der Waals surface area (Å²) in [6, 6.07) is 13.0. The Hall–Kier alpha value is -3.15. The minimum atomic E-state index is -0.164. The van der Waals surface area contributed by atoms with Crippen molar-refractivity contribution in [2.45, 2.75) is 13.3 Å². The molecular formula is C18H18N4O2. The fourth-order valence-electron chi connectivity index (χ4n) is 2.48. The maximum atomic E-state index is 12.2. The number of aromatic nitrogens is 2. The zero-order chi connectivity index (χ0) is 16.9. The van der Waals surface area contributed by atoms with E-state index in [9.17, 15) is 9.59 Å². The molecule has 24 heavy (non-hydrogen) atoms. The molecule has 0 spiro atoms. The summed E-state index contributed by atoms with van der Waals surface area (Å²) in [7, 11) is 0. The maximum absolute atomic E-state index is 12.2. The van der Waals surface area contributed by atoms with Crippen molar-refractivity contribution in [3.05, 3.63) is 60.0 Å². The molecule has 0 aliphatic rings. The van der Waals surface area contributed by atoms with Crippen LogP contribution in [0.1, 0.15) is 23.1 Å². The Bertz CT molecular complexity index is 871. The molecule has 0 saturated heterocycles. The van der Waals surface area contributed by atoms with Crippen molar-refractivity contribution in [3.63, 3.8) is 0 Å². The van der Waals surface area contributed by atoms with E-state index in [1.807, 2.05) is 30.3 Å². The van der Waals surface area contributed by atoms with Gasteiger partial charge in [-0.2, -0.15) is 0 Å². The van der Waals surface area contributed by atoms with Crippen LogP contribution in [0.5, 0.6) is 0 Å². The predicted octanol–water partition coefficient (Wildman–Crippen LogP) is 2.49. The van der Waals surface area contributed by atoms with Crippen LogP contribution in [-0.2, 0) is 11.2 Å². The number of aromatic amines is 1. The van der Waals surface area contributed by atoms with Crippen molar-refractivity contribution < 1.29 is 9.59 Å². The molecule has 0 saturated carbocycles. The molecule has 0 unspecified atom stereocenters. The monoisotopic (exact) mass is 322 g/mol.